The summed E-state index contributed by atoms with van der Waals surface area (Å²) < 4.78 is 5.43. The molecule has 0 heterocycles. The van der Waals surface area contributed by atoms with Crippen molar-refractivity contribution in [1.82, 2.24) is 5.32 Å². The van der Waals surface area contributed by atoms with Gasteiger partial charge in [0.05, 0.1) is 6.61 Å². The van der Waals surface area contributed by atoms with Crippen molar-refractivity contribution in [2.75, 3.05) is 24.2 Å². The fourth-order valence-corrected chi connectivity index (χ4v) is 3.32. The van der Waals surface area contributed by atoms with Gasteiger partial charge < -0.3 is 15.4 Å². The van der Waals surface area contributed by atoms with Crippen LogP contribution in [0, 0.1) is 5.92 Å². The van der Waals surface area contributed by atoms with Crippen molar-refractivity contribution in [1.29, 1.82) is 0 Å². The minimum Gasteiger partial charge on any atom is -0.494 e. The molecule has 2 aromatic carbocycles. The van der Waals surface area contributed by atoms with Crippen LogP contribution in [-0.4, -0.2) is 24.0 Å². The van der Waals surface area contributed by atoms with Crippen LogP contribution in [0.3, 0.4) is 0 Å². The Morgan fingerprint density at radius 3 is 2.48 bits per heavy atom. The third-order valence-corrected chi connectivity index (χ3v) is 5.22. The number of anilines is 1. The Morgan fingerprint density at radius 1 is 1.16 bits per heavy atom. The molecule has 0 amide bonds. The second-order valence-electron chi connectivity index (χ2n) is 5.66. The molecule has 0 aliphatic carbocycles. The topological polar surface area (TPSA) is 33.3 Å². The summed E-state index contributed by atoms with van der Waals surface area (Å²) in [7, 11) is 0. The van der Waals surface area contributed by atoms with Crippen LogP contribution >= 0.6 is 35.6 Å². The van der Waals surface area contributed by atoms with Crippen molar-refractivity contribution in [2.45, 2.75) is 18.7 Å². The van der Waals surface area contributed by atoms with E-state index in [0.29, 0.717) is 17.6 Å². The van der Waals surface area contributed by atoms with Gasteiger partial charge in [0.15, 0.2) is 5.11 Å². The molecule has 6 heteroatoms. The molecule has 0 aliphatic heterocycles. The summed E-state index contributed by atoms with van der Waals surface area (Å²) in [5.41, 5.74) is 0.948. The summed E-state index contributed by atoms with van der Waals surface area (Å²) in [6.07, 6.45) is 0. The molecule has 2 aromatic rings. The minimum atomic E-state index is 0.487. The monoisotopic (exact) mass is 394 g/mol. The Morgan fingerprint density at radius 2 is 1.84 bits per heavy atom. The fourth-order valence-electron chi connectivity index (χ4n) is 2.07. The highest BCUT2D eigenvalue weighted by molar-refractivity contribution is 7.99. The van der Waals surface area contributed by atoms with Gasteiger partial charge in [-0.1, -0.05) is 18.5 Å². The Bertz CT molecular complexity index is 662. The molecule has 2 rings (SSSR count). The predicted octanol–water partition coefficient (Wildman–Crippen LogP) is 5.45. The van der Waals surface area contributed by atoms with Gasteiger partial charge in [0.2, 0.25) is 0 Å². The molecule has 25 heavy (non-hydrogen) atoms. The van der Waals surface area contributed by atoms with E-state index in [1.54, 1.807) is 0 Å². The first kappa shape index (κ1) is 19.9. The highest BCUT2D eigenvalue weighted by Crippen LogP contribution is 2.22. The third kappa shape index (κ3) is 7.55. The summed E-state index contributed by atoms with van der Waals surface area (Å²) >= 11 is 13.1. The molecule has 134 valence electrons. The highest BCUT2D eigenvalue weighted by atomic mass is 35.5. The van der Waals surface area contributed by atoms with E-state index in [9.17, 15) is 0 Å². The lowest BCUT2D eigenvalue weighted by Gasteiger charge is -2.15. The molecule has 2 N–H and O–H groups in total. The van der Waals surface area contributed by atoms with Crippen LogP contribution in [0.1, 0.15) is 13.8 Å². The zero-order valence-electron chi connectivity index (χ0n) is 14.4. The smallest absolute Gasteiger partial charge is 0.170 e. The van der Waals surface area contributed by atoms with Crippen LogP contribution in [0.5, 0.6) is 5.75 Å². The molecule has 0 radical (unpaired) electrons. The van der Waals surface area contributed by atoms with E-state index < -0.39 is 0 Å². The van der Waals surface area contributed by atoms with Gasteiger partial charge in [0.25, 0.3) is 0 Å². The number of thioether (sulfide) groups is 1. The van der Waals surface area contributed by atoms with E-state index in [1.807, 2.05) is 67.2 Å². The number of thiocarbonyl (C=S) groups is 1. The second-order valence-corrected chi connectivity index (χ2v) is 7.60. The maximum atomic E-state index is 5.90. The normalized spacial score (nSPS) is 11.6. The Kier molecular flexibility index (Phi) is 8.38. The van der Waals surface area contributed by atoms with E-state index in [2.05, 4.69) is 17.6 Å². The lowest BCUT2D eigenvalue weighted by atomic mass is 10.2. The van der Waals surface area contributed by atoms with Gasteiger partial charge in [-0.25, -0.2) is 0 Å². The number of hydrogen-bond donors (Lipinski definition) is 2. The first-order valence-electron chi connectivity index (χ1n) is 8.23. The Hall–Kier alpha value is -1.43. The van der Waals surface area contributed by atoms with Crippen molar-refractivity contribution >= 4 is 46.4 Å². The lowest BCUT2D eigenvalue weighted by molar-refractivity contribution is 0.340. The lowest BCUT2D eigenvalue weighted by Crippen LogP contribution is -2.32. The van der Waals surface area contributed by atoms with E-state index in [1.165, 1.54) is 4.90 Å². The number of rotatable bonds is 8. The zero-order valence-corrected chi connectivity index (χ0v) is 16.8. The molecule has 0 fully saturated rings. The van der Waals surface area contributed by atoms with Gasteiger partial charge >= 0.3 is 0 Å². The standard InChI is InChI=1S/C19H23ClN2OS2/c1-3-23-17-8-6-16(7-9-17)22-19(24)21-12-14(2)13-25-18-10-4-15(20)5-11-18/h4-11,14H,3,12-13H2,1-2H3,(H2,21,22,24)/t14-/m1/s1. The molecule has 1 atom stereocenters. The second kappa shape index (κ2) is 10.5. The summed E-state index contributed by atoms with van der Waals surface area (Å²) in [4.78, 5) is 1.23. The quantitative estimate of drug-likeness (QED) is 0.459. The summed E-state index contributed by atoms with van der Waals surface area (Å²) in [6, 6.07) is 15.7. The van der Waals surface area contributed by atoms with Gasteiger partial charge in [-0.3, -0.25) is 0 Å². The average molecular weight is 395 g/mol. The first-order chi connectivity index (χ1) is 12.1. The van der Waals surface area contributed by atoms with Crippen molar-refractivity contribution in [2.24, 2.45) is 5.92 Å². The molecule has 0 saturated carbocycles. The highest BCUT2D eigenvalue weighted by Gasteiger charge is 2.05. The molecule has 0 saturated heterocycles. The van der Waals surface area contributed by atoms with Crippen molar-refractivity contribution in [3.05, 3.63) is 53.6 Å². The van der Waals surface area contributed by atoms with Gasteiger partial charge in [0.1, 0.15) is 5.75 Å². The number of ether oxygens (including phenoxy) is 1. The van der Waals surface area contributed by atoms with Crippen LogP contribution in [0.4, 0.5) is 5.69 Å². The van der Waals surface area contributed by atoms with Crippen molar-refractivity contribution in [3.63, 3.8) is 0 Å². The largest absolute Gasteiger partial charge is 0.494 e. The number of halogens is 1. The van der Waals surface area contributed by atoms with Crippen LogP contribution in [0.25, 0.3) is 0 Å². The van der Waals surface area contributed by atoms with Crippen molar-refractivity contribution in [3.8, 4) is 5.75 Å². The summed E-state index contributed by atoms with van der Waals surface area (Å²) in [5.74, 6) is 2.36. The Balaban J connectivity index is 1.68. The molecule has 0 bridgehead atoms. The van der Waals surface area contributed by atoms with Crippen LogP contribution in [0.2, 0.25) is 5.02 Å². The maximum Gasteiger partial charge on any atom is 0.170 e. The Labute approximate surface area is 164 Å². The van der Waals surface area contributed by atoms with Crippen molar-refractivity contribution < 1.29 is 4.74 Å². The van der Waals surface area contributed by atoms with Gasteiger partial charge in [-0.05, 0) is 73.6 Å². The van der Waals surface area contributed by atoms with Gasteiger partial charge in [0, 0.05) is 27.9 Å². The molecule has 0 aromatic heterocycles. The average Bonchev–Trinajstić information content (AvgIpc) is 2.61. The van der Waals surface area contributed by atoms with Crippen LogP contribution in [0.15, 0.2) is 53.4 Å². The zero-order chi connectivity index (χ0) is 18.1. The summed E-state index contributed by atoms with van der Waals surface area (Å²) in [6.45, 7) is 5.66. The fraction of sp³-hybridized carbons (Fsp3) is 0.316. The number of nitrogens with one attached hydrogen (secondary N) is 2. The molecule has 0 unspecified atom stereocenters. The van der Waals surface area contributed by atoms with E-state index in [4.69, 9.17) is 28.6 Å². The molecular formula is C19H23ClN2OS2. The van der Waals surface area contributed by atoms with Gasteiger partial charge in [-0.2, -0.15) is 0 Å². The minimum absolute atomic E-state index is 0.487. The van der Waals surface area contributed by atoms with Crippen LogP contribution < -0.4 is 15.4 Å². The van der Waals surface area contributed by atoms with E-state index in [-0.39, 0.29) is 0 Å². The molecular weight excluding hydrogens is 372 g/mol. The van der Waals surface area contributed by atoms with E-state index >= 15 is 0 Å². The maximum absolute atomic E-state index is 5.90. The number of hydrogen-bond acceptors (Lipinski definition) is 3. The molecule has 0 spiro atoms. The summed E-state index contributed by atoms with van der Waals surface area (Å²) in [5, 5.41) is 7.86. The SMILES string of the molecule is CCOc1ccc(NC(=S)NC[C@@H](C)CSc2ccc(Cl)cc2)cc1. The third-order valence-electron chi connectivity index (χ3n) is 3.38. The molecule has 3 nitrogen and oxygen atoms in total. The molecule has 0 aliphatic rings. The first-order valence-corrected chi connectivity index (χ1v) is 10.00. The van der Waals surface area contributed by atoms with Gasteiger partial charge in [-0.15, -0.1) is 11.8 Å². The predicted molar refractivity (Wildman–Crippen MR) is 113 cm³/mol. The van der Waals surface area contributed by atoms with Crippen LogP contribution in [-0.2, 0) is 0 Å². The van der Waals surface area contributed by atoms with E-state index in [0.717, 1.165) is 28.8 Å². The number of benzene rings is 2.